The lowest BCUT2D eigenvalue weighted by molar-refractivity contribution is 0.247. The SMILES string of the molecule is CCNC(=O)N1CCc2cc(S(=O)(=O)Nc3ccc(CC)cc3)ccc21. The van der Waals surface area contributed by atoms with Gasteiger partial charge in [-0.05, 0) is 61.2 Å². The molecule has 2 N–H and O–H groups in total. The van der Waals surface area contributed by atoms with Crippen molar-refractivity contribution >= 4 is 27.4 Å². The van der Waals surface area contributed by atoms with Crippen molar-refractivity contribution in [1.29, 1.82) is 0 Å². The molecule has 6 nitrogen and oxygen atoms in total. The number of amides is 2. The highest BCUT2D eigenvalue weighted by molar-refractivity contribution is 7.92. The summed E-state index contributed by atoms with van der Waals surface area (Å²) in [5.74, 6) is 0. The van der Waals surface area contributed by atoms with Gasteiger partial charge in [-0.1, -0.05) is 19.1 Å². The second-order valence-electron chi connectivity index (χ2n) is 6.18. The van der Waals surface area contributed by atoms with Crippen molar-refractivity contribution in [2.45, 2.75) is 31.6 Å². The van der Waals surface area contributed by atoms with Gasteiger partial charge in [0.25, 0.3) is 10.0 Å². The first-order valence-corrected chi connectivity index (χ1v) is 10.2. The molecule has 2 aromatic rings. The van der Waals surface area contributed by atoms with Crippen LogP contribution in [-0.4, -0.2) is 27.5 Å². The highest BCUT2D eigenvalue weighted by atomic mass is 32.2. The summed E-state index contributed by atoms with van der Waals surface area (Å²) in [5, 5.41) is 2.77. The summed E-state index contributed by atoms with van der Waals surface area (Å²) >= 11 is 0. The summed E-state index contributed by atoms with van der Waals surface area (Å²) in [7, 11) is -3.67. The van der Waals surface area contributed by atoms with E-state index in [9.17, 15) is 13.2 Å². The zero-order valence-electron chi connectivity index (χ0n) is 15.0. The molecule has 1 aliphatic heterocycles. The maximum atomic E-state index is 12.7. The number of carbonyl (C=O) groups excluding carboxylic acids is 1. The Labute approximate surface area is 154 Å². The van der Waals surface area contributed by atoms with Crippen LogP contribution in [0.15, 0.2) is 47.4 Å². The van der Waals surface area contributed by atoms with Crippen LogP contribution in [0.4, 0.5) is 16.2 Å². The molecule has 0 atom stereocenters. The first-order valence-electron chi connectivity index (χ1n) is 8.74. The van der Waals surface area contributed by atoms with Crippen LogP contribution in [0, 0.1) is 0 Å². The van der Waals surface area contributed by atoms with E-state index in [4.69, 9.17) is 0 Å². The van der Waals surface area contributed by atoms with Crippen molar-refractivity contribution < 1.29 is 13.2 Å². The molecule has 2 aromatic carbocycles. The van der Waals surface area contributed by atoms with E-state index >= 15 is 0 Å². The topological polar surface area (TPSA) is 78.5 Å². The second-order valence-corrected chi connectivity index (χ2v) is 7.87. The number of anilines is 2. The van der Waals surface area contributed by atoms with Crippen molar-refractivity contribution in [2.75, 3.05) is 22.7 Å². The molecular formula is C19H23N3O3S. The summed E-state index contributed by atoms with van der Waals surface area (Å²) < 4.78 is 28.0. The summed E-state index contributed by atoms with van der Waals surface area (Å²) in [5.41, 5.74) is 3.31. The summed E-state index contributed by atoms with van der Waals surface area (Å²) in [6, 6.07) is 12.1. The number of aryl methyl sites for hydroxylation is 1. The van der Waals surface area contributed by atoms with Gasteiger partial charge in [-0.3, -0.25) is 9.62 Å². The second kappa shape index (κ2) is 7.37. The van der Waals surface area contributed by atoms with E-state index < -0.39 is 10.0 Å². The van der Waals surface area contributed by atoms with Crippen LogP contribution < -0.4 is 14.9 Å². The highest BCUT2D eigenvalue weighted by Gasteiger charge is 2.26. The van der Waals surface area contributed by atoms with Crippen LogP contribution in [0.1, 0.15) is 25.0 Å². The minimum Gasteiger partial charge on any atom is -0.338 e. The number of hydrogen-bond donors (Lipinski definition) is 2. The van der Waals surface area contributed by atoms with Crippen molar-refractivity contribution in [2.24, 2.45) is 0 Å². The summed E-state index contributed by atoms with van der Waals surface area (Å²) in [6.07, 6.45) is 1.54. The van der Waals surface area contributed by atoms with Crippen LogP contribution in [0.25, 0.3) is 0 Å². The largest absolute Gasteiger partial charge is 0.338 e. The summed E-state index contributed by atoms with van der Waals surface area (Å²) in [6.45, 7) is 5.02. The Morgan fingerprint density at radius 3 is 2.50 bits per heavy atom. The van der Waals surface area contributed by atoms with Gasteiger partial charge in [0.15, 0.2) is 0 Å². The van der Waals surface area contributed by atoms with E-state index in [2.05, 4.69) is 10.0 Å². The number of nitrogens with one attached hydrogen (secondary N) is 2. The number of benzene rings is 2. The number of rotatable bonds is 5. The molecular weight excluding hydrogens is 350 g/mol. The third-order valence-electron chi connectivity index (χ3n) is 4.44. The van der Waals surface area contributed by atoms with E-state index in [0.29, 0.717) is 25.2 Å². The standard InChI is InChI=1S/C19H23N3O3S/c1-3-14-5-7-16(8-6-14)21-26(24,25)17-9-10-18-15(13-17)11-12-22(18)19(23)20-4-2/h5-10,13,21H,3-4,11-12H2,1-2H3,(H,20,23). The molecule has 0 bridgehead atoms. The third-order valence-corrected chi connectivity index (χ3v) is 5.82. The Kier molecular flexibility index (Phi) is 5.18. The Hall–Kier alpha value is -2.54. The Balaban J connectivity index is 1.82. The zero-order chi connectivity index (χ0) is 18.7. The van der Waals surface area contributed by atoms with Crippen molar-refractivity contribution in [3.63, 3.8) is 0 Å². The van der Waals surface area contributed by atoms with E-state index in [1.165, 1.54) is 0 Å². The van der Waals surface area contributed by atoms with E-state index in [1.807, 2.05) is 26.0 Å². The molecule has 0 spiro atoms. The first kappa shape index (κ1) is 18.3. The quantitative estimate of drug-likeness (QED) is 0.845. The molecule has 7 heteroatoms. The van der Waals surface area contributed by atoms with Gasteiger partial charge in [0.05, 0.1) is 4.90 Å². The van der Waals surface area contributed by atoms with Crippen LogP contribution in [0.3, 0.4) is 0 Å². The van der Waals surface area contributed by atoms with Gasteiger partial charge in [0.2, 0.25) is 0 Å². The molecule has 2 amide bonds. The van der Waals surface area contributed by atoms with Gasteiger partial charge < -0.3 is 5.32 Å². The van der Waals surface area contributed by atoms with Gasteiger partial charge in [0.1, 0.15) is 0 Å². The highest BCUT2D eigenvalue weighted by Crippen LogP contribution is 2.30. The average molecular weight is 373 g/mol. The lowest BCUT2D eigenvalue weighted by Crippen LogP contribution is -2.38. The number of nitrogens with zero attached hydrogens (tertiary/aromatic N) is 1. The Morgan fingerprint density at radius 2 is 1.85 bits per heavy atom. The smallest absolute Gasteiger partial charge is 0.321 e. The molecule has 0 fully saturated rings. The van der Waals surface area contributed by atoms with Crippen molar-refractivity contribution in [3.05, 3.63) is 53.6 Å². The minimum absolute atomic E-state index is 0.156. The normalized spacial score (nSPS) is 13.4. The predicted octanol–water partition coefficient (Wildman–Crippen LogP) is 3.14. The van der Waals surface area contributed by atoms with Crippen molar-refractivity contribution in [3.8, 4) is 0 Å². The molecule has 0 aromatic heterocycles. The zero-order valence-corrected chi connectivity index (χ0v) is 15.8. The third kappa shape index (κ3) is 3.67. The number of hydrogen-bond acceptors (Lipinski definition) is 3. The molecule has 1 aliphatic rings. The molecule has 138 valence electrons. The molecule has 0 saturated heterocycles. The fourth-order valence-electron chi connectivity index (χ4n) is 3.03. The van der Waals surface area contributed by atoms with Crippen molar-refractivity contribution in [1.82, 2.24) is 5.32 Å². The van der Waals surface area contributed by atoms with Crippen LogP contribution >= 0.6 is 0 Å². The molecule has 26 heavy (non-hydrogen) atoms. The maximum absolute atomic E-state index is 12.7. The fraction of sp³-hybridized carbons (Fsp3) is 0.316. The summed E-state index contributed by atoms with van der Waals surface area (Å²) in [4.78, 5) is 13.9. The lowest BCUT2D eigenvalue weighted by Gasteiger charge is -2.17. The predicted molar refractivity (Wildman–Crippen MR) is 103 cm³/mol. The van der Waals surface area contributed by atoms with Gasteiger partial charge in [-0.25, -0.2) is 13.2 Å². The Bertz CT molecular complexity index is 908. The van der Waals surface area contributed by atoms with Crippen LogP contribution in [0.5, 0.6) is 0 Å². The molecule has 0 radical (unpaired) electrons. The maximum Gasteiger partial charge on any atom is 0.321 e. The number of carbonyl (C=O) groups is 1. The van der Waals surface area contributed by atoms with E-state index in [0.717, 1.165) is 23.2 Å². The molecule has 0 saturated carbocycles. The average Bonchev–Trinajstić information content (AvgIpc) is 3.05. The molecule has 3 rings (SSSR count). The number of fused-ring (bicyclic) bond motifs is 1. The van der Waals surface area contributed by atoms with E-state index in [-0.39, 0.29) is 10.9 Å². The minimum atomic E-state index is -3.67. The van der Waals surface area contributed by atoms with Gasteiger partial charge in [-0.15, -0.1) is 0 Å². The molecule has 1 heterocycles. The van der Waals surface area contributed by atoms with E-state index in [1.54, 1.807) is 35.2 Å². The first-order chi connectivity index (χ1) is 12.4. The van der Waals surface area contributed by atoms with Gasteiger partial charge in [0, 0.05) is 24.5 Å². The monoisotopic (exact) mass is 373 g/mol. The number of sulfonamides is 1. The fourth-order valence-corrected chi connectivity index (χ4v) is 4.13. The molecule has 0 unspecified atom stereocenters. The molecule has 0 aliphatic carbocycles. The van der Waals surface area contributed by atoms with Crippen LogP contribution in [-0.2, 0) is 22.9 Å². The Morgan fingerprint density at radius 1 is 1.12 bits per heavy atom. The van der Waals surface area contributed by atoms with Gasteiger partial charge in [-0.2, -0.15) is 0 Å². The van der Waals surface area contributed by atoms with Gasteiger partial charge >= 0.3 is 6.03 Å². The lowest BCUT2D eigenvalue weighted by atomic mass is 10.2. The van der Waals surface area contributed by atoms with Crippen LogP contribution in [0.2, 0.25) is 0 Å². The number of urea groups is 1.